The Kier molecular flexibility index (Phi) is 8.02. The van der Waals surface area contributed by atoms with E-state index in [-0.39, 0.29) is 11.7 Å². The van der Waals surface area contributed by atoms with Gasteiger partial charge in [0.1, 0.15) is 0 Å². The lowest BCUT2D eigenvalue weighted by atomic mass is 9.68. The van der Waals surface area contributed by atoms with Gasteiger partial charge in [-0.1, -0.05) is 18.9 Å². The molecule has 0 heterocycles. The van der Waals surface area contributed by atoms with Crippen LogP contribution in [0.2, 0.25) is 0 Å². The Morgan fingerprint density at radius 2 is 1.55 bits per heavy atom. The Balaban J connectivity index is 1.48. The van der Waals surface area contributed by atoms with E-state index in [4.69, 9.17) is 4.74 Å². The topological polar surface area (TPSA) is 9.23 Å². The van der Waals surface area contributed by atoms with Crippen LogP contribution in [-0.4, -0.2) is 6.61 Å². The smallest absolute Gasteiger partial charge is 0.266 e. The van der Waals surface area contributed by atoms with Gasteiger partial charge in [-0.25, -0.2) is 4.39 Å². The number of rotatable bonds is 7. The Morgan fingerprint density at radius 1 is 0.931 bits per heavy atom. The second kappa shape index (κ2) is 10.5. The molecule has 5 heteroatoms. The predicted molar refractivity (Wildman–Crippen MR) is 107 cm³/mol. The van der Waals surface area contributed by atoms with Gasteiger partial charge >= 0.3 is 0 Å². The average molecular weight is 413 g/mol. The fourth-order valence-electron chi connectivity index (χ4n) is 5.41. The maximum atomic E-state index is 14.5. The van der Waals surface area contributed by atoms with Crippen LogP contribution in [0.5, 0.6) is 5.75 Å². The number of allylic oxidation sites excluding steroid dienone is 1. The van der Waals surface area contributed by atoms with Gasteiger partial charge in [-0.15, -0.1) is 0 Å². The summed E-state index contributed by atoms with van der Waals surface area (Å²) in [7, 11) is 0. The molecule has 0 N–H and O–H groups in total. The summed E-state index contributed by atoms with van der Waals surface area (Å²) in [6.07, 6.45) is 9.33. The molecule has 1 aromatic carbocycles. The van der Waals surface area contributed by atoms with Gasteiger partial charge in [0.25, 0.3) is 6.08 Å². The van der Waals surface area contributed by atoms with Gasteiger partial charge in [0.2, 0.25) is 5.82 Å². The summed E-state index contributed by atoms with van der Waals surface area (Å²) in [6, 6.07) is 3.24. The zero-order valence-corrected chi connectivity index (χ0v) is 17.2. The van der Waals surface area contributed by atoms with Gasteiger partial charge in [0, 0.05) is 0 Å². The highest BCUT2D eigenvalue weighted by Crippen LogP contribution is 2.45. The first-order chi connectivity index (χ1) is 14.0. The number of hydrogen-bond acceptors (Lipinski definition) is 1. The van der Waals surface area contributed by atoms with E-state index in [9.17, 15) is 17.6 Å². The molecule has 29 heavy (non-hydrogen) atoms. The highest BCUT2D eigenvalue weighted by atomic mass is 19.3. The molecule has 1 aromatic rings. The van der Waals surface area contributed by atoms with Crippen LogP contribution in [0.1, 0.15) is 82.6 Å². The molecule has 2 aliphatic rings. The Hall–Kier alpha value is -1.52. The van der Waals surface area contributed by atoms with Crippen LogP contribution >= 0.6 is 0 Å². The molecule has 0 spiro atoms. The molecule has 2 fully saturated rings. The third-order valence-corrected chi connectivity index (χ3v) is 7.02. The minimum absolute atomic E-state index is 0.0102. The quantitative estimate of drug-likeness (QED) is 0.412. The van der Waals surface area contributed by atoms with Gasteiger partial charge in [0.15, 0.2) is 11.6 Å². The van der Waals surface area contributed by atoms with Crippen molar-refractivity contribution in [3.05, 3.63) is 41.5 Å². The molecule has 0 amide bonds. The predicted octanol–water partition coefficient (Wildman–Crippen LogP) is 8.00. The fourth-order valence-corrected chi connectivity index (χ4v) is 5.41. The van der Waals surface area contributed by atoms with Crippen LogP contribution in [0.4, 0.5) is 17.6 Å². The van der Waals surface area contributed by atoms with Gasteiger partial charge in [-0.05, 0) is 99.7 Å². The lowest BCUT2D eigenvalue weighted by molar-refractivity contribution is 0.156. The van der Waals surface area contributed by atoms with Crippen molar-refractivity contribution >= 4 is 0 Å². The zero-order chi connectivity index (χ0) is 20.8. The summed E-state index contributed by atoms with van der Waals surface area (Å²) in [5, 5.41) is 0. The molecule has 3 rings (SSSR count). The van der Waals surface area contributed by atoms with E-state index in [1.807, 2.05) is 0 Å². The van der Waals surface area contributed by atoms with Crippen molar-refractivity contribution in [1.29, 1.82) is 0 Å². The minimum Gasteiger partial charge on any atom is -0.491 e. The third-order valence-electron chi connectivity index (χ3n) is 7.02. The summed E-state index contributed by atoms with van der Waals surface area (Å²) < 4.78 is 58.2. The van der Waals surface area contributed by atoms with Crippen molar-refractivity contribution in [2.45, 2.75) is 77.0 Å². The molecule has 0 aromatic heterocycles. The van der Waals surface area contributed by atoms with E-state index >= 15 is 0 Å². The van der Waals surface area contributed by atoms with E-state index in [0.717, 1.165) is 51.0 Å². The van der Waals surface area contributed by atoms with E-state index in [0.29, 0.717) is 36.3 Å². The summed E-state index contributed by atoms with van der Waals surface area (Å²) in [5.74, 6) is 0.373. The largest absolute Gasteiger partial charge is 0.491 e. The van der Waals surface area contributed by atoms with E-state index in [2.05, 4.69) is 0 Å². The number of ether oxygens (including phenoxy) is 1. The van der Waals surface area contributed by atoms with Crippen LogP contribution in [0, 0.1) is 29.4 Å². The van der Waals surface area contributed by atoms with Crippen molar-refractivity contribution in [2.75, 3.05) is 6.61 Å². The lowest BCUT2D eigenvalue weighted by Gasteiger charge is -2.38. The lowest BCUT2D eigenvalue weighted by Crippen LogP contribution is -2.25. The van der Waals surface area contributed by atoms with Crippen molar-refractivity contribution in [2.24, 2.45) is 17.8 Å². The van der Waals surface area contributed by atoms with E-state index < -0.39 is 17.7 Å². The number of halogens is 4. The monoisotopic (exact) mass is 412 g/mol. The molecule has 0 radical (unpaired) electrons. The molecule has 1 nitrogen and oxygen atoms in total. The Bertz CT molecular complexity index is 682. The maximum Gasteiger partial charge on any atom is 0.266 e. The van der Waals surface area contributed by atoms with Crippen molar-refractivity contribution in [3.8, 4) is 5.75 Å². The first-order valence-electron chi connectivity index (χ1n) is 11.1. The van der Waals surface area contributed by atoms with Crippen LogP contribution < -0.4 is 4.74 Å². The molecule has 0 atom stereocenters. The van der Waals surface area contributed by atoms with E-state index in [1.165, 1.54) is 12.8 Å². The summed E-state index contributed by atoms with van der Waals surface area (Å²) in [6.45, 7) is 2.06. The second-order valence-electron chi connectivity index (χ2n) is 8.68. The molecule has 0 aliphatic heterocycles. The Labute approximate surface area is 171 Å². The Morgan fingerprint density at radius 3 is 2.14 bits per heavy atom. The highest BCUT2D eigenvalue weighted by molar-refractivity contribution is 5.33. The third kappa shape index (κ3) is 5.76. The molecule has 2 aliphatic carbocycles. The highest BCUT2D eigenvalue weighted by Gasteiger charge is 2.32. The summed E-state index contributed by atoms with van der Waals surface area (Å²) in [5.41, 5.74) is 0.487. The van der Waals surface area contributed by atoms with Gasteiger partial charge < -0.3 is 4.74 Å². The molecule has 0 bridgehead atoms. The molecule has 0 unspecified atom stereocenters. The van der Waals surface area contributed by atoms with Crippen LogP contribution in [-0.2, 0) is 0 Å². The van der Waals surface area contributed by atoms with Crippen LogP contribution in [0.3, 0.4) is 0 Å². The van der Waals surface area contributed by atoms with Crippen molar-refractivity contribution in [3.63, 3.8) is 0 Å². The molecule has 2 saturated carbocycles. The average Bonchev–Trinajstić information content (AvgIpc) is 2.72. The van der Waals surface area contributed by atoms with Gasteiger partial charge in [0.05, 0.1) is 6.61 Å². The molecular formula is C24H32F4O. The maximum absolute atomic E-state index is 14.5. The van der Waals surface area contributed by atoms with Crippen molar-refractivity contribution in [1.82, 2.24) is 0 Å². The first-order valence-corrected chi connectivity index (χ1v) is 11.1. The van der Waals surface area contributed by atoms with Gasteiger partial charge in [-0.2, -0.15) is 13.2 Å². The van der Waals surface area contributed by atoms with Crippen LogP contribution in [0.25, 0.3) is 0 Å². The molecule has 162 valence electrons. The fraction of sp³-hybridized carbons (Fsp3) is 0.667. The van der Waals surface area contributed by atoms with Gasteiger partial charge in [-0.3, -0.25) is 0 Å². The standard InChI is InChI=1S/C24H32F4O/c1-2-29-21-15-14-20(23(27)24(21)28)19-12-10-18(11-13-19)17-8-6-16(7-9-17)4-3-5-22(25)26/h5,14-19H,2-4,6-13H2,1H3. The summed E-state index contributed by atoms with van der Waals surface area (Å²) >= 11 is 0. The van der Waals surface area contributed by atoms with Crippen molar-refractivity contribution < 1.29 is 22.3 Å². The number of hydrogen-bond donors (Lipinski definition) is 0. The normalized spacial score (nSPS) is 27.5. The zero-order valence-electron chi connectivity index (χ0n) is 17.2. The molecule has 0 saturated heterocycles. The summed E-state index contributed by atoms with van der Waals surface area (Å²) in [4.78, 5) is 0. The van der Waals surface area contributed by atoms with Crippen LogP contribution in [0.15, 0.2) is 24.3 Å². The second-order valence-corrected chi connectivity index (χ2v) is 8.68. The molecular weight excluding hydrogens is 380 g/mol. The number of benzene rings is 1. The van der Waals surface area contributed by atoms with E-state index in [1.54, 1.807) is 19.1 Å². The first kappa shape index (κ1) is 22.2. The SMILES string of the molecule is CCOc1ccc(C2CCC(C3CCC(CCC=C(F)F)CC3)CC2)c(F)c1F. The minimum atomic E-state index is -1.57.